The van der Waals surface area contributed by atoms with Crippen molar-refractivity contribution in [3.8, 4) is 0 Å². The Balaban J connectivity index is 4.22. The van der Waals surface area contributed by atoms with Gasteiger partial charge >= 0.3 is 6.18 Å². The van der Waals surface area contributed by atoms with E-state index in [1.54, 1.807) is 0 Å². The van der Waals surface area contributed by atoms with E-state index in [2.05, 4.69) is 4.74 Å². The van der Waals surface area contributed by atoms with Gasteiger partial charge in [0.15, 0.2) is 5.60 Å². The van der Waals surface area contributed by atoms with Crippen LogP contribution in [0.1, 0.15) is 20.8 Å². The van der Waals surface area contributed by atoms with Crippen LogP contribution in [0.25, 0.3) is 0 Å². The molecule has 0 rings (SSSR count). The van der Waals surface area contributed by atoms with Crippen LogP contribution in [0.15, 0.2) is 0 Å². The molecule has 0 saturated heterocycles. The van der Waals surface area contributed by atoms with Crippen LogP contribution >= 0.6 is 0 Å². The highest BCUT2D eigenvalue weighted by Crippen LogP contribution is 2.33. The molecule has 1 N–H and O–H groups in total. The van der Waals surface area contributed by atoms with E-state index in [-0.39, 0.29) is 0 Å². The van der Waals surface area contributed by atoms with Gasteiger partial charge in [-0.3, -0.25) is 0 Å². The standard InChI is InChI=1S/C7H13F3O2/c1-5(4-11)12-6(2,3)7(8,9)10/h5,11H,4H2,1-3H3. The van der Waals surface area contributed by atoms with Gasteiger partial charge in [0.05, 0.1) is 12.7 Å². The zero-order chi connectivity index (χ0) is 9.99. The lowest BCUT2D eigenvalue weighted by Crippen LogP contribution is -2.44. The normalized spacial score (nSPS) is 16.2. The van der Waals surface area contributed by atoms with Crippen LogP contribution < -0.4 is 0 Å². The molecule has 0 bridgehead atoms. The maximum absolute atomic E-state index is 12.1. The topological polar surface area (TPSA) is 29.5 Å². The molecule has 1 atom stereocenters. The summed E-state index contributed by atoms with van der Waals surface area (Å²) in [5.74, 6) is 0. The zero-order valence-electron chi connectivity index (χ0n) is 7.27. The third-order valence-corrected chi connectivity index (χ3v) is 1.44. The van der Waals surface area contributed by atoms with Gasteiger partial charge in [-0.25, -0.2) is 0 Å². The Bertz CT molecular complexity index is 142. The molecule has 0 aliphatic heterocycles. The number of alkyl halides is 3. The SMILES string of the molecule is CC(CO)OC(C)(C)C(F)(F)F. The Labute approximate surface area is 69.3 Å². The average molecular weight is 186 g/mol. The number of aliphatic hydroxyl groups is 1. The second-order valence-electron chi connectivity index (χ2n) is 3.12. The second-order valence-corrected chi connectivity index (χ2v) is 3.12. The molecule has 0 heterocycles. The molecule has 0 aromatic rings. The van der Waals surface area contributed by atoms with Gasteiger partial charge in [-0.05, 0) is 20.8 Å². The van der Waals surface area contributed by atoms with E-state index in [0.29, 0.717) is 0 Å². The molecule has 0 aromatic heterocycles. The fourth-order valence-corrected chi connectivity index (χ4v) is 0.607. The van der Waals surface area contributed by atoms with Crippen molar-refractivity contribution in [2.24, 2.45) is 0 Å². The summed E-state index contributed by atoms with van der Waals surface area (Å²) in [6.07, 6.45) is -5.21. The van der Waals surface area contributed by atoms with E-state index in [1.165, 1.54) is 6.92 Å². The molecule has 12 heavy (non-hydrogen) atoms. The lowest BCUT2D eigenvalue weighted by molar-refractivity contribution is -0.277. The van der Waals surface area contributed by atoms with Gasteiger partial charge in [0.2, 0.25) is 0 Å². The maximum Gasteiger partial charge on any atom is 0.416 e. The lowest BCUT2D eigenvalue weighted by atomic mass is 10.1. The summed E-state index contributed by atoms with van der Waals surface area (Å²) in [5, 5.41) is 8.47. The van der Waals surface area contributed by atoms with Gasteiger partial charge < -0.3 is 9.84 Å². The van der Waals surface area contributed by atoms with Crippen molar-refractivity contribution < 1.29 is 23.0 Å². The quantitative estimate of drug-likeness (QED) is 0.727. The molecule has 0 radical (unpaired) electrons. The van der Waals surface area contributed by atoms with Crippen molar-refractivity contribution in [3.05, 3.63) is 0 Å². The van der Waals surface area contributed by atoms with E-state index in [0.717, 1.165) is 13.8 Å². The molecule has 1 unspecified atom stereocenters. The molecule has 0 amide bonds. The minimum Gasteiger partial charge on any atom is -0.394 e. The molecular weight excluding hydrogens is 173 g/mol. The Morgan fingerprint density at radius 1 is 1.33 bits per heavy atom. The molecule has 0 aromatic carbocycles. The molecule has 0 spiro atoms. The van der Waals surface area contributed by atoms with Gasteiger partial charge in [-0.15, -0.1) is 0 Å². The zero-order valence-corrected chi connectivity index (χ0v) is 7.27. The van der Waals surface area contributed by atoms with E-state index in [4.69, 9.17) is 5.11 Å². The predicted octanol–water partition coefficient (Wildman–Crippen LogP) is 1.72. The summed E-state index contributed by atoms with van der Waals surface area (Å²) in [7, 11) is 0. The third-order valence-electron chi connectivity index (χ3n) is 1.44. The van der Waals surface area contributed by atoms with Crippen LogP contribution in [0, 0.1) is 0 Å². The van der Waals surface area contributed by atoms with Crippen molar-refractivity contribution in [2.75, 3.05) is 6.61 Å². The monoisotopic (exact) mass is 186 g/mol. The molecule has 0 saturated carbocycles. The highest BCUT2D eigenvalue weighted by atomic mass is 19.4. The van der Waals surface area contributed by atoms with Crippen LogP contribution in [0.2, 0.25) is 0 Å². The smallest absolute Gasteiger partial charge is 0.394 e. The van der Waals surface area contributed by atoms with E-state index >= 15 is 0 Å². The number of aliphatic hydroxyl groups excluding tert-OH is 1. The van der Waals surface area contributed by atoms with E-state index < -0.39 is 24.5 Å². The van der Waals surface area contributed by atoms with Crippen LogP contribution in [0.4, 0.5) is 13.2 Å². The average Bonchev–Trinajstić information content (AvgIpc) is 1.84. The van der Waals surface area contributed by atoms with Gasteiger partial charge in [0.25, 0.3) is 0 Å². The number of rotatable bonds is 3. The van der Waals surface area contributed by atoms with Crippen LogP contribution in [-0.2, 0) is 4.74 Å². The fraction of sp³-hybridized carbons (Fsp3) is 1.00. The first kappa shape index (κ1) is 11.7. The summed E-state index contributed by atoms with van der Waals surface area (Å²) in [6, 6.07) is 0. The molecule has 5 heteroatoms. The van der Waals surface area contributed by atoms with Crippen molar-refractivity contribution in [3.63, 3.8) is 0 Å². The molecule has 0 aliphatic rings. The summed E-state index contributed by atoms with van der Waals surface area (Å²) < 4.78 is 40.9. The van der Waals surface area contributed by atoms with E-state index in [9.17, 15) is 13.2 Å². The molecular formula is C7H13F3O2. The Morgan fingerprint density at radius 2 is 1.75 bits per heavy atom. The maximum atomic E-state index is 12.1. The Hall–Kier alpha value is -0.290. The molecule has 0 fully saturated rings. The number of hydrogen-bond donors (Lipinski definition) is 1. The minimum absolute atomic E-state index is 0.417. The molecule has 0 aliphatic carbocycles. The number of hydrogen-bond acceptors (Lipinski definition) is 2. The minimum atomic E-state index is -4.41. The number of ether oxygens (including phenoxy) is 1. The Morgan fingerprint density at radius 3 is 2.00 bits per heavy atom. The van der Waals surface area contributed by atoms with E-state index in [1.807, 2.05) is 0 Å². The summed E-state index contributed by atoms with van der Waals surface area (Å²) in [6.45, 7) is 2.82. The predicted molar refractivity (Wildman–Crippen MR) is 37.8 cm³/mol. The highest BCUT2D eigenvalue weighted by Gasteiger charge is 2.49. The number of halogens is 3. The van der Waals surface area contributed by atoms with Gasteiger partial charge in [0.1, 0.15) is 0 Å². The van der Waals surface area contributed by atoms with Crippen LogP contribution in [0.3, 0.4) is 0 Å². The largest absolute Gasteiger partial charge is 0.416 e. The van der Waals surface area contributed by atoms with Crippen molar-refractivity contribution in [1.82, 2.24) is 0 Å². The first-order valence-electron chi connectivity index (χ1n) is 3.56. The van der Waals surface area contributed by atoms with Crippen molar-refractivity contribution >= 4 is 0 Å². The summed E-state index contributed by atoms with van der Waals surface area (Å²) in [4.78, 5) is 0. The van der Waals surface area contributed by atoms with Gasteiger partial charge in [0, 0.05) is 0 Å². The first-order valence-corrected chi connectivity index (χ1v) is 3.56. The fourth-order valence-electron chi connectivity index (χ4n) is 0.607. The van der Waals surface area contributed by atoms with Gasteiger partial charge in [-0.2, -0.15) is 13.2 Å². The third kappa shape index (κ3) is 2.98. The molecule has 74 valence electrons. The summed E-state index contributed by atoms with van der Waals surface area (Å²) in [5.41, 5.74) is -2.20. The van der Waals surface area contributed by atoms with Crippen molar-refractivity contribution in [2.45, 2.75) is 38.7 Å². The highest BCUT2D eigenvalue weighted by molar-refractivity contribution is 4.79. The second kappa shape index (κ2) is 3.62. The first-order chi connectivity index (χ1) is 5.20. The lowest BCUT2D eigenvalue weighted by Gasteiger charge is -2.30. The van der Waals surface area contributed by atoms with Gasteiger partial charge in [-0.1, -0.05) is 0 Å². The summed E-state index contributed by atoms with van der Waals surface area (Å²) >= 11 is 0. The van der Waals surface area contributed by atoms with Crippen molar-refractivity contribution in [1.29, 1.82) is 0 Å². The van der Waals surface area contributed by atoms with Crippen LogP contribution in [-0.4, -0.2) is 29.6 Å². The molecule has 2 nitrogen and oxygen atoms in total. The van der Waals surface area contributed by atoms with Crippen LogP contribution in [0.5, 0.6) is 0 Å². The Kier molecular flexibility index (Phi) is 3.53.